The third-order valence-electron chi connectivity index (χ3n) is 2.06. The second-order valence-electron chi connectivity index (χ2n) is 2.81. The normalized spacial score (nSPS) is 10.8. The summed E-state index contributed by atoms with van der Waals surface area (Å²) in [7, 11) is 0. The summed E-state index contributed by atoms with van der Waals surface area (Å²) in [4.78, 5) is 4.25. The van der Waals surface area contributed by atoms with E-state index in [2.05, 4.69) is 23.9 Å². The van der Waals surface area contributed by atoms with Gasteiger partial charge in [0.25, 0.3) is 0 Å². The summed E-state index contributed by atoms with van der Waals surface area (Å²) in [6, 6.07) is 1.89. The van der Waals surface area contributed by atoms with E-state index in [4.69, 9.17) is 0 Å². The Morgan fingerprint density at radius 2 is 2.33 bits per heavy atom. The van der Waals surface area contributed by atoms with Gasteiger partial charge in [0.15, 0.2) is 5.65 Å². The number of hydrogen-bond acceptors (Lipinski definition) is 2. The highest BCUT2D eigenvalue weighted by Gasteiger charge is 2.05. The molecule has 0 fully saturated rings. The van der Waals surface area contributed by atoms with E-state index in [0.717, 1.165) is 17.8 Å². The standard InChI is InChI=1S/C9H11N3/c1-3-8-7(2)9-10-5-4-6-12(9)11-8/h4-6H,3H2,1-2H3. The van der Waals surface area contributed by atoms with Crippen molar-refractivity contribution >= 4 is 5.65 Å². The molecule has 2 rings (SSSR count). The minimum absolute atomic E-state index is 0.967. The smallest absolute Gasteiger partial charge is 0.158 e. The van der Waals surface area contributed by atoms with Crippen LogP contribution in [0.25, 0.3) is 5.65 Å². The molecule has 2 aromatic heterocycles. The maximum absolute atomic E-state index is 4.38. The maximum atomic E-state index is 4.38. The van der Waals surface area contributed by atoms with Crippen LogP contribution in [0, 0.1) is 6.92 Å². The van der Waals surface area contributed by atoms with Crippen LogP contribution in [-0.2, 0) is 6.42 Å². The predicted octanol–water partition coefficient (Wildman–Crippen LogP) is 1.60. The fraction of sp³-hybridized carbons (Fsp3) is 0.333. The lowest BCUT2D eigenvalue weighted by Crippen LogP contribution is -1.87. The Balaban J connectivity index is 2.78. The number of aryl methyl sites for hydroxylation is 2. The molecule has 0 aliphatic heterocycles. The molecule has 0 saturated heterocycles. The zero-order valence-electron chi connectivity index (χ0n) is 7.28. The first-order chi connectivity index (χ1) is 5.83. The Bertz CT molecular complexity index is 403. The molecule has 3 nitrogen and oxygen atoms in total. The zero-order chi connectivity index (χ0) is 8.55. The fourth-order valence-corrected chi connectivity index (χ4v) is 1.38. The van der Waals surface area contributed by atoms with Gasteiger partial charge >= 0.3 is 0 Å². The van der Waals surface area contributed by atoms with Crippen LogP contribution < -0.4 is 0 Å². The highest BCUT2D eigenvalue weighted by molar-refractivity contribution is 5.48. The molecule has 3 heteroatoms. The van der Waals surface area contributed by atoms with Gasteiger partial charge in [0.2, 0.25) is 0 Å². The highest BCUT2D eigenvalue weighted by Crippen LogP contribution is 2.11. The molecule has 0 bridgehead atoms. The lowest BCUT2D eigenvalue weighted by molar-refractivity contribution is 0.885. The van der Waals surface area contributed by atoms with E-state index < -0.39 is 0 Å². The van der Waals surface area contributed by atoms with Crippen molar-refractivity contribution in [3.05, 3.63) is 29.7 Å². The molecule has 0 aromatic carbocycles. The average Bonchev–Trinajstić information content (AvgIpc) is 2.44. The second-order valence-corrected chi connectivity index (χ2v) is 2.81. The molecule has 0 aliphatic carbocycles. The third-order valence-corrected chi connectivity index (χ3v) is 2.06. The summed E-state index contributed by atoms with van der Waals surface area (Å²) in [5.41, 5.74) is 3.29. The molecule has 0 radical (unpaired) electrons. The molecule has 62 valence electrons. The van der Waals surface area contributed by atoms with Gasteiger partial charge in [-0.2, -0.15) is 5.10 Å². The molecule has 2 aromatic rings. The number of hydrogen-bond donors (Lipinski definition) is 0. The number of rotatable bonds is 1. The monoisotopic (exact) mass is 161 g/mol. The molecule has 2 heterocycles. The first-order valence-electron chi connectivity index (χ1n) is 4.11. The molecule has 0 aliphatic rings. The lowest BCUT2D eigenvalue weighted by Gasteiger charge is -1.88. The van der Waals surface area contributed by atoms with Crippen LogP contribution in [0.3, 0.4) is 0 Å². The average molecular weight is 161 g/mol. The molecule has 0 spiro atoms. The Hall–Kier alpha value is -1.38. The van der Waals surface area contributed by atoms with Crippen molar-refractivity contribution in [2.24, 2.45) is 0 Å². The summed E-state index contributed by atoms with van der Waals surface area (Å²) in [6.45, 7) is 4.17. The number of aromatic nitrogens is 3. The van der Waals surface area contributed by atoms with Gasteiger partial charge in [-0.3, -0.25) is 0 Å². The van der Waals surface area contributed by atoms with Gasteiger partial charge in [0.1, 0.15) is 0 Å². The van der Waals surface area contributed by atoms with Crippen LogP contribution in [0.15, 0.2) is 18.5 Å². The summed E-state index contributed by atoms with van der Waals surface area (Å²) in [6.07, 6.45) is 4.69. The Kier molecular flexibility index (Phi) is 1.57. The van der Waals surface area contributed by atoms with E-state index >= 15 is 0 Å². The first-order valence-corrected chi connectivity index (χ1v) is 4.11. The highest BCUT2D eigenvalue weighted by atomic mass is 15.2. The third kappa shape index (κ3) is 0.897. The molecular weight excluding hydrogens is 150 g/mol. The van der Waals surface area contributed by atoms with E-state index in [0.29, 0.717) is 0 Å². The number of fused-ring (bicyclic) bond motifs is 1. The van der Waals surface area contributed by atoms with Crippen molar-refractivity contribution in [2.75, 3.05) is 0 Å². The quantitative estimate of drug-likeness (QED) is 0.636. The molecule has 12 heavy (non-hydrogen) atoms. The minimum Gasteiger partial charge on any atom is -0.237 e. The molecular formula is C9H11N3. The van der Waals surface area contributed by atoms with Crippen LogP contribution in [0.5, 0.6) is 0 Å². The molecule has 0 N–H and O–H groups in total. The summed E-state index contributed by atoms with van der Waals surface area (Å²) in [5.74, 6) is 0. The van der Waals surface area contributed by atoms with Crippen molar-refractivity contribution in [2.45, 2.75) is 20.3 Å². The van der Waals surface area contributed by atoms with Crippen molar-refractivity contribution < 1.29 is 0 Å². The molecule has 0 saturated carbocycles. The predicted molar refractivity (Wildman–Crippen MR) is 47.1 cm³/mol. The van der Waals surface area contributed by atoms with Crippen molar-refractivity contribution in [1.29, 1.82) is 0 Å². The van der Waals surface area contributed by atoms with Crippen molar-refractivity contribution in [1.82, 2.24) is 14.6 Å². The van der Waals surface area contributed by atoms with Crippen molar-refractivity contribution in [3.63, 3.8) is 0 Å². The van der Waals surface area contributed by atoms with E-state index in [1.165, 1.54) is 5.56 Å². The van der Waals surface area contributed by atoms with E-state index in [1.54, 1.807) is 6.20 Å². The van der Waals surface area contributed by atoms with E-state index in [9.17, 15) is 0 Å². The van der Waals surface area contributed by atoms with Crippen LogP contribution in [-0.4, -0.2) is 14.6 Å². The van der Waals surface area contributed by atoms with Gasteiger partial charge in [0.05, 0.1) is 5.69 Å². The Morgan fingerprint density at radius 1 is 1.50 bits per heavy atom. The fourth-order valence-electron chi connectivity index (χ4n) is 1.38. The van der Waals surface area contributed by atoms with Crippen LogP contribution in [0.2, 0.25) is 0 Å². The van der Waals surface area contributed by atoms with Crippen LogP contribution in [0.1, 0.15) is 18.2 Å². The van der Waals surface area contributed by atoms with Gasteiger partial charge in [-0.1, -0.05) is 6.92 Å². The minimum atomic E-state index is 0.967. The maximum Gasteiger partial charge on any atom is 0.158 e. The second kappa shape index (κ2) is 2.59. The van der Waals surface area contributed by atoms with Gasteiger partial charge < -0.3 is 0 Å². The van der Waals surface area contributed by atoms with Gasteiger partial charge in [-0.15, -0.1) is 0 Å². The number of nitrogens with zero attached hydrogens (tertiary/aromatic N) is 3. The Labute approximate surface area is 71.1 Å². The van der Waals surface area contributed by atoms with Gasteiger partial charge in [0, 0.05) is 18.0 Å². The van der Waals surface area contributed by atoms with Crippen LogP contribution in [0.4, 0.5) is 0 Å². The molecule has 0 unspecified atom stereocenters. The Morgan fingerprint density at radius 3 is 3.00 bits per heavy atom. The van der Waals surface area contributed by atoms with Crippen LogP contribution >= 0.6 is 0 Å². The SMILES string of the molecule is CCc1nn2cccnc2c1C. The molecule has 0 atom stereocenters. The lowest BCUT2D eigenvalue weighted by atomic mass is 10.2. The molecule has 0 amide bonds. The summed E-state index contributed by atoms with van der Waals surface area (Å²) < 4.78 is 1.83. The summed E-state index contributed by atoms with van der Waals surface area (Å²) >= 11 is 0. The zero-order valence-corrected chi connectivity index (χ0v) is 7.28. The van der Waals surface area contributed by atoms with Gasteiger partial charge in [-0.05, 0) is 19.4 Å². The topological polar surface area (TPSA) is 30.2 Å². The van der Waals surface area contributed by atoms with E-state index in [-0.39, 0.29) is 0 Å². The van der Waals surface area contributed by atoms with E-state index in [1.807, 2.05) is 16.8 Å². The van der Waals surface area contributed by atoms with Crippen molar-refractivity contribution in [3.8, 4) is 0 Å². The largest absolute Gasteiger partial charge is 0.237 e. The summed E-state index contributed by atoms with van der Waals surface area (Å²) in [5, 5.41) is 4.38. The first kappa shape index (κ1) is 7.28. The van der Waals surface area contributed by atoms with Gasteiger partial charge in [-0.25, -0.2) is 9.50 Å².